The van der Waals surface area contributed by atoms with Crippen molar-refractivity contribution in [3.8, 4) is 6.07 Å². The quantitative estimate of drug-likeness (QED) is 0.540. The Hall–Kier alpha value is -3.17. The van der Waals surface area contributed by atoms with E-state index in [2.05, 4.69) is 47.0 Å². The molecule has 1 saturated carbocycles. The number of anilines is 1. The number of carbonyl (C=O) groups is 1. The lowest BCUT2D eigenvalue weighted by molar-refractivity contribution is 0.103. The molecular formula is C27H31N5O. The van der Waals surface area contributed by atoms with Crippen molar-refractivity contribution in [2.24, 2.45) is 0 Å². The molecule has 1 aromatic carbocycles. The van der Waals surface area contributed by atoms with E-state index in [0.717, 1.165) is 53.7 Å². The first kappa shape index (κ1) is 21.7. The highest BCUT2D eigenvalue weighted by atomic mass is 16.1. The van der Waals surface area contributed by atoms with Gasteiger partial charge in [-0.2, -0.15) is 5.26 Å². The molecule has 0 radical (unpaired) electrons. The van der Waals surface area contributed by atoms with Crippen LogP contribution in [0, 0.1) is 11.3 Å². The summed E-state index contributed by atoms with van der Waals surface area (Å²) in [5, 5.41) is 13.6. The summed E-state index contributed by atoms with van der Waals surface area (Å²) in [7, 11) is 0. The fraction of sp³-hybridized carbons (Fsp3) is 0.444. The highest BCUT2D eigenvalue weighted by molar-refractivity contribution is 6.20. The maximum absolute atomic E-state index is 13.5. The number of benzene rings is 1. The van der Waals surface area contributed by atoms with E-state index in [1.54, 1.807) is 12.3 Å². The lowest BCUT2D eigenvalue weighted by atomic mass is 9.72. The standard InChI is InChI=1S/C27H31N5O/c1-4-11-32(18-6-5-7-18)12-10-29-23-14-21-20(16-30-23)25(33)24-19-9-8-17(15-28)13-22(19)31-26(24)27(21,2)3/h8-9,13-14,16,18,31H,4-7,10-12H2,1-3H3,(H,29,30). The molecule has 6 heteroatoms. The smallest absolute Gasteiger partial charge is 0.197 e. The second-order valence-electron chi connectivity index (χ2n) is 9.86. The van der Waals surface area contributed by atoms with Crippen LogP contribution in [0.15, 0.2) is 30.5 Å². The molecule has 5 rings (SSSR count). The molecule has 2 N–H and O–H groups in total. The van der Waals surface area contributed by atoms with Gasteiger partial charge in [0.2, 0.25) is 0 Å². The molecule has 2 aliphatic rings. The van der Waals surface area contributed by atoms with Crippen molar-refractivity contribution in [1.29, 1.82) is 5.26 Å². The predicted octanol–water partition coefficient (Wildman–Crippen LogP) is 4.98. The molecule has 0 saturated heterocycles. The number of nitriles is 1. The minimum Gasteiger partial charge on any atom is -0.369 e. The lowest BCUT2D eigenvalue weighted by Gasteiger charge is -2.37. The van der Waals surface area contributed by atoms with E-state index >= 15 is 0 Å². The molecular weight excluding hydrogens is 410 g/mol. The Bertz CT molecular complexity index is 1260. The number of ketones is 1. The van der Waals surface area contributed by atoms with Crippen LogP contribution in [-0.4, -0.2) is 46.3 Å². The normalized spacial score (nSPS) is 16.9. The molecule has 0 atom stereocenters. The number of hydrogen-bond donors (Lipinski definition) is 2. The van der Waals surface area contributed by atoms with Gasteiger partial charge in [0.15, 0.2) is 5.78 Å². The number of H-pyrrole nitrogens is 1. The summed E-state index contributed by atoms with van der Waals surface area (Å²) in [4.78, 5) is 24.1. The summed E-state index contributed by atoms with van der Waals surface area (Å²) in [6.07, 6.45) is 6.88. The van der Waals surface area contributed by atoms with Gasteiger partial charge < -0.3 is 10.3 Å². The molecule has 2 aromatic heterocycles. The average Bonchev–Trinajstić information content (AvgIpc) is 3.16. The van der Waals surface area contributed by atoms with Crippen molar-refractivity contribution in [2.45, 2.75) is 57.9 Å². The zero-order valence-corrected chi connectivity index (χ0v) is 19.7. The molecule has 33 heavy (non-hydrogen) atoms. The van der Waals surface area contributed by atoms with Gasteiger partial charge in [-0.3, -0.25) is 9.69 Å². The van der Waals surface area contributed by atoms with Gasteiger partial charge in [-0.25, -0.2) is 4.98 Å². The number of rotatable bonds is 7. The number of nitrogens with zero attached hydrogens (tertiary/aromatic N) is 3. The summed E-state index contributed by atoms with van der Waals surface area (Å²) >= 11 is 0. The van der Waals surface area contributed by atoms with Crippen LogP contribution in [0.5, 0.6) is 0 Å². The predicted molar refractivity (Wildman–Crippen MR) is 131 cm³/mol. The number of carbonyl (C=O) groups excluding carboxylic acids is 1. The van der Waals surface area contributed by atoms with Crippen molar-refractivity contribution >= 4 is 22.5 Å². The summed E-state index contributed by atoms with van der Waals surface area (Å²) in [6, 6.07) is 10.4. The third-order valence-electron chi connectivity index (χ3n) is 7.41. The molecule has 170 valence electrons. The first-order chi connectivity index (χ1) is 15.9. The fourth-order valence-electron chi connectivity index (χ4n) is 5.33. The Morgan fingerprint density at radius 2 is 2.09 bits per heavy atom. The Labute approximate surface area is 195 Å². The maximum Gasteiger partial charge on any atom is 0.197 e. The van der Waals surface area contributed by atoms with Crippen molar-refractivity contribution in [3.05, 3.63) is 58.4 Å². The Kier molecular flexibility index (Phi) is 5.46. The van der Waals surface area contributed by atoms with E-state index in [-0.39, 0.29) is 11.2 Å². The molecule has 1 fully saturated rings. The molecule has 0 bridgehead atoms. The number of hydrogen-bond acceptors (Lipinski definition) is 5. The third-order valence-corrected chi connectivity index (χ3v) is 7.41. The van der Waals surface area contributed by atoms with E-state index in [1.165, 1.54) is 25.7 Å². The average molecular weight is 442 g/mol. The van der Waals surface area contributed by atoms with Crippen LogP contribution >= 0.6 is 0 Å². The number of aromatic nitrogens is 2. The molecule has 0 spiro atoms. The first-order valence-electron chi connectivity index (χ1n) is 12.0. The highest BCUT2D eigenvalue weighted by Gasteiger charge is 2.40. The highest BCUT2D eigenvalue weighted by Crippen LogP contribution is 2.44. The van der Waals surface area contributed by atoms with Crippen molar-refractivity contribution in [2.75, 3.05) is 25.0 Å². The van der Waals surface area contributed by atoms with Crippen LogP contribution < -0.4 is 5.32 Å². The summed E-state index contributed by atoms with van der Waals surface area (Å²) in [5.41, 5.74) is 4.26. The molecule has 6 nitrogen and oxygen atoms in total. The SMILES string of the molecule is CCCN(CCNc1cc2c(cn1)C(=O)c1c([nH]c3cc(C#N)ccc13)C2(C)C)C1CCC1. The van der Waals surface area contributed by atoms with Crippen LogP contribution in [0.1, 0.15) is 79.2 Å². The minimum atomic E-state index is -0.385. The van der Waals surface area contributed by atoms with E-state index in [0.29, 0.717) is 16.7 Å². The van der Waals surface area contributed by atoms with E-state index in [4.69, 9.17) is 0 Å². The Morgan fingerprint density at radius 3 is 2.79 bits per heavy atom. The van der Waals surface area contributed by atoms with Gasteiger partial charge in [-0.05, 0) is 49.6 Å². The van der Waals surface area contributed by atoms with Gasteiger partial charge in [0.25, 0.3) is 0 Å². The first-order valence-corrected chi connectivity index (χ1v) is 12.0. The van der Waals surface area contributed by atoms with Crippen LogP contribution in [0.2, 0.25) is 0 Å². The third kappa shape index (κ3) is 3.61. The second-order valence-corrected chi connectivity index (χ2v) is 9.86. The van der Waals surface area contributed by atoms with Gasteiger partial charge in [0.05, 0.1) is 17.2 Å². The Morgan fingerprint density at radius 1 is 1.27 bits per heavy atom. The largest absolute Gasteiger partial charge is 0.369 e. The molecule has 2 heterocycles. The van der Waals surface area contributed by atoms with Crippen LogP contribution in [0.4, 0.5) is 5.82 Å². The van der Waals surface area contributed by atoms with E-state index < -0.39 is 0 Å². The van der Waals surface area contributed by atoms with Gasteiger partial charge in [0.1, 0.15) is 5.82 Å². The van der Waals surface area contributed by atoms with Crippen LogP contribution in [0.3, 0.4) is 0 Å². The topological polar surface area (TPSA) is 84.8 Å². The molecule has 0 unspecified atom stereocenters. The number of fused-ring (bicyclic) bond motifs is 4. The van der Waals surface area contributed by atoms with Crippen LogP contribution in [0.25, 0.3) is 10.9 Å². The summed E-state index contributed by atoms with van der Waals surface area (Å²) < 4.78 is 0. The maximum atomic E-state index is 13.5. The minimum absolute atomic E-state index is 0.00608. The van der Waals surface area contributed by atoms with Gasteiger partial charge >= 0.3 is 0 Å². The summed E-state index contributed by atoms with van der Waals surface area (Å²) in [6.45, 7) is 9.51. The molecule has 2 aliphatic carbocycles. The van der Waals surface area contributed by atoms with Gasteiger partial charge in [0, 0.05) is 52.9 Å². The monoisotopic (exact) mass is 441 g/mol. The van der Waals surface area contributed by atoms with Crippen molar-refractivity contribution < 1.29 is 4.79 Å². The fourth-order valence-corrected chi connectivity index (χ4v) is 5.33. The zero-order chi connectivity index (χ0) is 23.2. The lowest BCUT2D eigenvalue weighted by Crippen LogP contribution is -2.43. The van der Waals surface area contributed by atoms with Crippen LogP contribution in [-0.2, 0) is 5.41 Å². The number of aromatic amines is 1. The summed E-state index contributed by atoms with van der Waals surface area (Å²) in [5.74, 6) is 0.805. The molecule has 0 aliphatic heterocycles. The second kappa shape index (κ2) is 8.31. The zero-order valence-electron chi connectivity index (χ0n) is 19.7. The van der Waals surface area contributed by atoms with E-state index in [1.807, 2.05) is 18.2 Å². The Balaban J connectivity index is 1.42. The van der Waals surface area contributed by atoms with Gasteiger partial charge in [-0.15, -0.1) is 0 Å². The number of nitrogens with one attached hydrogen (secondary N) is 2. The van der Waals surface area contributed by atoms with E-state index in [9.17, 15) is 10.1 Å². The molecule has 3 aromatic rings. The van der Waals surface area contributed by atoms with Gasteiger partial charge in [-0.1, -0.05) is 33.3 Å². The molecule has 0 amide bonds. The van der Waals surface area contributed by atoms with Crippen molar-refractivity contribution in [1.82, 2.24) is 14.9 Å². The van der Waals surface area contributed by atoms with Crippen molar-refractivity contribution in [3.63, 3.8) is 0 Å². The number of pyridine rings is 1.